The number of thiazole rings is 1. The first kappa shape index (κ1) is 19.2. The predicted octanol–water partition coefficient (Wildman–Crippen LogP) is 4.80. The van der Waals surface area contributed by atoms with E-state index in [-0.39, 0.29) is 5.91 Å². The smallest absolute Gasteiger partial charge is 0.255 e. The number of carbonyl (C=O) groups excluding carboxylic acids is 1. The fourth-order valence-corrected chi connectivity index (χ4v) is 5.45. The molecule has 2 fully saturated rings. The number of benzene rings is 2. The number of carbonyl (C=O) groups is 1. The number of anilines is 1. The Hall–Kier alpha value is -2.48. The lowest BCUT2D eigenvalue weighted by Crippen LogP contribution is -2.54. The zero-order valence-electron chi connectivity index (χ0n) is 17.3. The van der Waals surface area contributed by atoms with Crippen molar-refractivity contribution in [2.45, 2.75) is 50.5 Å². The molecule has 0 unspecified atom stereocenters. The second kappa shape index (κ2) is 7.58. The average molecular weight is 436 g/mol. The first-order valence-corrected chi connectivity index (χ1v) is 11.9. The first-order valence-electron chi connectivity index (χ1n) is 11.0. The van der Waals surface area contributed by atoms with Crippen LogP contribution in [-0.4, -0.2) is 40.7 Å². The molecule has 31 heavy (non-hydrogen) atoms. The molecule has 1 aromatic heterocycles. The number of aromatic nitrogens is 1. The topological polar surface area (TPSA) is 63.7 Å². The van der Waals surface area contributed by atoms with Crippen molar-refractivity contribution in [2.24, 2.45) is 0 Å². The van der Waals surface area contributed by atoms with E-state index in [0.717, 1.165) is 59.2 Å². The van der Waals surface area contributed by atoms with Crippen LogP contribution in [0.3, 0.4) is 0 Å². The minimum Gasteiger partial charge on any atom is -0.462 e. The lowest BCUT2D eigenvalue weighted by atomic mass is 9.89. The summed E-state index contributed by atoms with van der Waals surface area (Å²) in [4.78, 5) is 19.6. The SMILES string of the molecule is O=C(Nc1ccc2c(c1)COC1(CCN(C3CCC3)CC1)O2)c1ccc2ncsc2c1. The minimum absolute atomic E-state index is 0.132. The quantitative estimate of drug-likeness (QED) is 0.640. The molecular formula is C24H25N3O3S. The highest BCUT2D eigenvalue weighted by molar-refractivity contribution is 7.16. The molecule has 3 heterocycles. The predicted molar refractivity (Wildman–Crippen MR) is 121 cm³/mol. The molecule has 1 amide bonds. The molecule has 1 N–H and O–H groups in total. The van der Waals surface area contributed by atoms with Crippen LogP contribution in [0, 0.1) is 0 Å². The Bertz CT molecular complexity index is 1130. The molecule has 0 radical (unpaired) electrons. The molecule has 1 aliphatic carbocycles. The van der Waals surface area contributed by atoms with E-state index in [1.54, 1.807) is 5.51 Å². The van der Waals surface area contributed by atoms with Gasteiger partial charge in [-0.15, -0.1) is 11.3 Å². The van der Waals surface area contributed by atoms with Crippen molar-refractivity contribution in [3.63, 3.8) is 0 Å². The maximum atomic E-state index is 12.7. The summed E-state index contributed by atoms with van der Waals surface area (Å²) in [6.07, 6.45) is 5.85. The van der Waals surface area contributed by atoms with Gasteiger partial charge < -0.3 is 14.8 Å². The fraction of sp³-hybridized carbons (Fsp3) is 0.417. The molecule has 3 aliphatic rings. The van der Waals surface area contributed by atoms with Gasteiger partial charge in [-0.05, 0) is 49.2 Å². The molecule has 160 valence electrons. The second-order valence-corrected chi connectivity index (χ2v) is 9.62. The third-order valence-corrected chi connectivity index (χ3v) is 7.64. The van der Waals surface area contributed by atoms with E-state index in [0.29, 0.717) is 12.2 Å². The Labute approximate surface area is 185 Å². The Balaban J connectivity index is 1.13. The number of amides is 1. The van der Waals surface area contributed by atoms with Gasteiger partial charge in [-0.25, -0.2) is 4.98 Å². The molecule has 0 atom stereocenters. The summed E-state index contributed by atoms with van der Waals surface area (Å²) in [7, 11) is 0. The van der Waals surface area contributed by atoms with E-state index >= 15 is 0 Å². The van der Waals surface area contributed by atoms with Crippen LogP contribution in [0.4, 0.5) is 5.69 Å². The van der Waals surface area contributed by atoms with Gasteiger partial charge in [0.05, 0.1) is 22.3 Å². The summed E-state index contributed by atoms with van der Waals surface area (Å²) in [6.45, 7) is 2.59. The van der Waals surface area contributed by atoms with Crippen LogP contribution in [0.15, 0.2) is 41.9 Å². The number of hydrogen-bond donors (Lipinski definition) is 1. The largest absolute Gasteiger partial charge is 0.462 e. The summed E-state index contributed by atoms with van der Waals surface area (Å²) < 4.78 is 13.6. The van der Waals surface area contributed by atoms with Crippen LogP contribution in [0.1, 0.15) is 48.0 Å². The number of nitrogens with one attached hydrogen (secondary N) is 1. The maximum Gasteiger partial charge on any atom is 0.255 e. The first-order chi connectivity index (χ1) is 15.2. The fourth-order valence-electron chi connectivity index (χ4n) is 4.74. The van der Waals surface area contributed by atoms with Crippen LogP contribution < -0.4 is 10.1 Å². The van der Waals surface area contributed by atoms with Crippen LogP contribution in [-0.2, 0) is 11.3 Å². The van der Waals surface area contributed by atoms with Crippen molar-refractivity contribution in [3.05, 3.63) is 53.0 Å². The number of likely N-dealkylation sites (tertiary alicyclic amines) is 1. The molecule has 0 bridgehead atoms. The van der Waals surface area contributed by atoms with E-state index in [2.05, 4.69) is 15.2 Å². The van der Waals surface area contributed by atoms with Gasteiger partial charge in [-0.1, -0.05) is 6.42 Å². The van der Waals surface area contributed by atoms with Crippen molar-refractivity contribution in [1.82, 2.24) is 9.88 Å². The maximum absolute atomic E-state index is 12.7. The molecular weight excluding hydrogens is 410 g/mol. The number of rotatable bonds is 3. The highest BCUT2D eigenvalue weighted by Crippen LogP contribution is 2.40. The van der Waals surface area contributed by atoms with Gasteiger partial charge >= 0.3 is 0 Å². The summed E-state index contributed by atoms with van der Waals surface area (Å²) in [5, 5.41) is 2.99. The number of nitrogens with zero attached hydrogens (tertiary/aromatic N) is 2. The van der Waals surface area contributed by atoms with Crippen LogP contribution >= 0.6 is 11.3 Å². The Morgan fingerprint density at radius 1 is 1.16 bits per heavy atom. The van der Waals surface area contributed by atoms with Crippen LogP contribution in [0.2, 0.25) is 0 Å². The van der Waals surface area contributed by atoms with E-state index in [1.807, 2.05) is 36.4 Å². The summed E-state index contributed by atoms with van der Waals surface area (Å²) in [5.41, 5.74) is 5.05. The van der Waals surface area contributed by atoms with Crippen LogP contribution in [0.25, 0.3) is 10.2 Å². The molecule has 6 rings (SSSR count). The summed E-state index contributed by atoms with van der Waals surface area (Å²) >= 11 is 1.53. The number of fused-ring (bicyclic) bond motifs is 2. The molecule has 3 aromatic rings. The van der Waals surface area contributed by atoms with Gasteiger partial charge in [0, 0.05) is 48.8 Å². The zero-order valence-corrected chi connectivity index (χ0v) is 18.1. The monoisotopic (exact) mass is 435 g/mol. The number of hydrogen-bond acceptors (Lipinski definition) is 6. The lowest BCUT2D eigenvalue weighted by Gasteiger charge is -2.47. The molecule has 7 heteroatoms. The Kier molecular flexibility index (Phi) is 4.70. The molecule has 1 spiro atoms. The van der Waals surface area contributed by atoms with Gasteiger partial charge in [-0.2, -0.15) is 0 Å². The standard InChI is InChI=1S/C24H25N3O3S/c28-23(16-4-6-20-22(13-16)31-15-25-20)26-18-5-7-21-17(12-18)14-29-24(30-21)8-10-27(11-9-24)19-2-1-3-19/h4-7,12-13,15,19H,1-3,8-11,14H2,(H,26,28). The minimum atomic E-state index is -0.498. The molecule has 2 aliphatic heterocycles. The third-order valence-electron chi connectivity index (χ3n) is 6.85. The second-order valence-electron chi connectivity index (χ2n) is 8.73. The van der Waals surface area contributed by atoms with Crippen molar-refractivity contribution >= 4 is 33.1 Å². The summed E-state index contributed by atoms with van der Waals surface area (Å²) in [5.74, 6) is 0.238. The highest BCUT2D eigenvalue weighted by atomic mass is 32.1. The van der Waals surface area contributed by atoms with E-state index in [9.17, 15) is 4.79 Å². The van der Waals surface area contributed by atoms with Gasteiger partial charge in [0.25, 0.3) is 5.91 Å². The van der Waals surface area contributed by atoms with Gasteiger partial charge in [0.2, 0.25) is 5.79 Å². The van der Waals surface area contributed by atoms with Gasteiger partial charge in [0.1, 0.15) is 5.75 Å². The van der Waals surface area contributed by atoms with E-state index < -0.39 is 5.79 Å². The average Bonchev–Trinajstić information content (AvgIpc) is 3.22. The Morgan fingerprint density at radius 3 is 2.84 bits per heavy atom. The highest BCUT2D eigenvalue weighted by Gasteiger charge is 2.42. The normalized spacial score (nSPS) is 20.8. The van der Waals surface area contributed by atoms with Gasteiger partial charge in [0.15, 0.2) is 0 Å². The molecule has 2 aromatic carbocycles. The number of piperidine rings is 1. The van der Waals surface area contributed by atoms with Crippen molar-refractivity contribution in [2.75, 3.05) is 18.4 Å². The lowest BCUT2D eigenvalue weighted by molar-refractivity contribution is -0.231. The van der Waals surface area contributed by atoms with E-state index in [1.165, 1.54) is 30.6 Å². The molecule has 1 saturated carbocycles. The molecule has 6 nitrogen and oxygen atoms in total. The van der Waals surface area contributed by atoms with Gasteiger partial charge in [-0.3, -0.25) is 9.69 Å². The van der Waals surface area contributed by atoms with Crippen molar-refractivity contribution in [3.8, 4) is 5.75 Å². The van der Waals surface area contributed by atoms with E-state index in [4.69, 9.17) is 9.47 Å². The third kappa shape index (κ3) is 3.60. The zero-order chi connectivity index (χ0) is 20.8. The van der Waals surface area contributed by atoms with Crippen LogP contribution in [0.5, 0.6) is 5.75 Å². The number of ether oxygens (including phenoxy) is 2. The van der Waals surface area contributed by atoms with Crippen molar-refractivity contribution in [1.29, 1.82) is 0 Å². The molecule has 1 saturated heterocycles. The summed E-state index contributed by atoms with van der Waals surface area (Å²) in [6, 6.07) is 12.2. The Morgan fingerprint density at radius 2 is 2.03 bits per heavy atom. The van der Waals surface area contributed by atoms with Crippen molar-refractivity contribution < 1.29 is 14.3 Å².